The van der Waals surface area contributed by atoms with Gasteiger partial charge in [-0.2, -0.15) is 17.6 Å². The lowest BCUT2D eigenvalue weighted by molar-refractivity contribution is -0.396. The molecule has 38 heavy (non-hydrogen) atoms. The Labute approximate surface area is 217 Å². The molecule has 3 rings (SSSR count). The average molecular weight is 553 g/mol. The number of rotatable bonds is 18. The van der Waals surface area contributed by atoms with Crippen molar-refractivity contribution in [1.82, 2.24) is 0 Å². The van der Waals surface area contributed by atoms with Gasteiger partial charge in [0.1, 0.15) is 56.9 Å². The van der Waals surface area contributed by atoms with E-state index in [-0.39, 0.29) is 19.8 Å². The highest BCUT2D eigenvalue weighted by molar-refractivity contribution is 5.21. The molecule has 2 unspecified atom stereocenters. The summed E-state index contributed by atoms with van der Waals surface area (Å²) in [6, 6.07) is 18.2. The molecule has 0 spiro atoms. The van der Waals surface area contributed by atoms with Gasteiger partial charge in [0.2, 0.25) is 0 Å². The topological polar surface area (TPSA) is 108 Å². The number of ether oxygens (including phenoxy) is 7. The number of alkyl halides is 4. The van der Waals surface area contributed by atoms with Gasteiger partial charge in [0, 0.05) is 0 Å². The van der Waals surface area contributed by atoms with E-state index in [4.69, 9.17) is 19.3 Å². The van der Waals surface area contributed by atoms with Gasteiger partial charge in [-0.05, 0) is 24.3 Å². The number of benzene rings is 2. The fourth-order valence-electron chi connectivity index (χ4n) is 2.56. The van der Waals surface area contributed by atoms with Gasteiger partial charge in [0.15, 0.2) is 0 Å². The largest absolute Gasteiger partial charge is 0.491 e. The van der Waals surface area contributed by atoms with Crippen molar-refractivity contribution in [2.75, 3.05) is 59.6 Å². The molecule has 0 saturated carbocycles. The molecule has 2 atom stereocenters. The predicted molar refractivity (Wildman–Crippen MR) is 125 cm³/mol. The van der Waals surface area contributed by atoms with E-state index >= 15 is 0 Å². The number of hydrogen-bond acceptors (Lipinski definition) is 9. The quantitative estimate of drug-likeness (QED) is 0.125. The number of aliphatic hydroxyl groups excluding tert-OH is 2. The molecule has 2 aromatic rings. The van der Waals surface area contributed by atoms with E-state index in [1.807, 2.05) is 30.3 Å². The molecule has 2 aromatic carbocycles. The maximum absolute atomic E-state index is 13.4. The lowest BCUT2D eigenvalue weighted by atomic mass is 10.3. The Balaban J connectivity index is 0.000000377. The summed E-state index contributed by atoms with van der Waals surface area (Å²) in [6.45, 7) is -3.32. The molecular weight excluding hydrogens is 520 g/mol. The van der Waals surface area contributed by atoms with Crippen LogP contribution in [0.5, 0.6) is 11.5 Å². The van der Waals surface area contributed by atoms with Gasteiger partial charge >= 0.3 is 12.2 Å². The van der Waals surface area contributed by atoms with Crippen LogP contribution in [0.2, 0.25) is 0 Å². The maximum Gasteiger partial charge on any atom is 0.383 e. The molecule has 2 N–H and O–H groups in total. The third kappa shape index (κ3) is 15.7. The van der Waals surface area contributed by atoms with E-state index in [0.717, 1.165) is 12.4 Å². The van der Waals surface area contributed by atoms with Crippen molar-refractivity contribution in [2.24, 2.45) is 0 Å². The molecule has 0 aliphatic carbocycles. The Kier molecular flexibility index (Phi) is 14.3. The highest BCUT2D eigenvalue weighted by Gasteiger charge is 2.44. The van der Waals surface area contributed by atoms with E-state index < -0.39 is 44.9 Å². The maximum atomic E-state index is 13.4. The SMILES string of the molecule is OCCOCOCC(F)(F)OC(F)(F)COCC(O)COc1ccccc1.c1ccc(OCC2CO2)cc1. The van der Waals surface area contributed by atoms with Crippen LogP contribution in [0.15, 0.2) is 60.7 Å². The third-order valence-electron chi connectivity index (χ3n) is 4.32. The lowest BCUT2D eigenvalue weighted by Crippen LogP contribution is -2.40. The zero-order valence-corrected chi connectivity index (χ0v) is 20.6. The summed E-state index contributed by atoms with van der Waals surface area (Å²) in [5.41, 5.74) is 0. The van der Waals surface area contributed by atoms with Crippen LogP contribution >= 0.6 is 0 Å². The predicted octanol–water partition coefficient (Wildman–Crippen LogP) is 3.09. The highest BCUT2D eigenvalue weighted by atomic mass is 19.3. The summed E-state index contributed by atoms with van der Waals surface area (Å²) in [6.07, 6.45) is -9.49. The van der Waals surface area contributed by atoms with E-state index in [1.165, 1.54) is 0 Å². The van der Waals surface area contributed by atoms with E-state index in [2.05, 4.69) is 18.9 Å². The molecule has 0 aromatic heterocycles. The van der Waals surface area contributed by atoms with Crippen LogP contribution in [0.25, 0.3) is 0 Å². The second kappa shape index (κ2) is 17.1. The summed E-state index contributed by atoms with van der Waals surface area (Å²) < 4.78 is 85.7. The van der Waals surface area contributed by atoms with Gasteiger partial charge in [-0.15, -0.1) is 0 Å². The molecule has 0 amide bonds. The van der Waals surface area contributed by atoms with Crippen molar-refractivity contribution < 1.29 is 60.9 Å². The van der Waals surface area contributed by atoms with Gasteiger partial charge in [-0.25, -0.2) is 0 Å². The molecule has 1 aliphatic rings. The molecule has 1 heterocycles. The number of halogens is 4. The molecule has 1 saturated heterocycles. The van der Waals surface area contributed by atoms with Crippen molar-refractivity contribution in [3.05, 3.63) is 60.7 Å². The molecule has 13 heteroatoms. The van der Waals surface area contributed by atoms with Gasteiger partial charge in [-0.3, -0.25) is 4.74 Å². The van der Waals surface area contributed by atoms with Crippen LogP contribution in [0.1, 0.15) is 0 Å². The number of epoxide rings is 1. The van der Waals surface area contributed by atoms with Crippen molar-refractivity contribution in [2.45, 2.75) is 24.4 Å². The number of hydrogen-bond donors (Lipinski definition) is 2. The normalized spacial score (nSPS) is 15.8. The Hall–Kier alpha value is -2.52. The van der Waals surface area contributed by atoms with Gasteiger partial charge in [0.05, 0.1) is 26.4 Å². The molecule has 214 valence electrons. The van der Waals surface area contributed by atoms with E-state index in [1.54, 1.807) is 30.3 Å². The summed E-state index contributed by atoms with van der Waals surface area (Å²) in [7, 11) is 0. The zero-order chi connectivity index (χ0) is 27.7. The first-order chi connectivity index (χ1) is 18.2. The first-order valence-corrected chi connectivity index (χ1v) is 11.6. The Morgan fingerprint density at radius 3 is 1.92 bits per heavy atom. The first-order valence-electron chi connectivity index (χ1n) is 11.6. The molecular formula is C25H32F4O9. The molecule has 1 aliphatic heterocycles. The van der Waals surface area contributed by atoms with Crippen molar-refractivity contribution in [1.29, 1.82) is 0 Å². The summed E-state index contributed by atoms with van der Waals surface area (Å²) in [4.78, 5) is 0. The lowest BCUT2D eigenvalue weighted by Gasteiger charge is -2.24. The second-order valence-electron chi connectivity index (χ2n) is 7.85. The van der Waals surface area contributed by atoms with Crippen LogP contribution in [0.3, 0.4) is 0 Å². The van der Waals surface area contributed by atoms with E-state index in [0.29, 0.717) is 18.5 Å². The molecule has 0 bridgehead atoms. The first kappa shape index (κ1) is 31.7. The fraction of sp³-hybridized carbons (Fsp3) is 0.520. The summed E-state index contributed by atoms with van der Waals surface area (Å²) >= 11 is 0. The fourth-order valence-corrected chi connectivity index (χ4v) is 2.56. The molecule has 1 fully saturated rings. The molecule has 0 radical (unpaired) electrons. The minimum absolute atomic E-state index is 0.146. The monoisotopic (exact) mass is 552 g/mol. The van der Waals surface area contributed by atoms with E-state index in [9.17, 15) is 22.7 Å². The van der Waals surface area contributed by atoms with Crippen molar-refractivity contribution in [3.63, 3.8) is 0 Å². The number of aliphatic hydroxyl groups is 2. The Morgan fingerprint density at radius 1 is 0.816 bits per heavy atom. The van der Waals surface area contributed by atoms with Gasteiger partial charge in [-0.1, -0.05) is 36.4 Å². The van der Waals surface area contributed by atoms with Crippen molar-refractivity contribution in [3.8, 4) is 11.5 Å². The second-order valence-corrected chi connectivity index (χ2v) is 7.85. The van der Waals surface area contributed by atoms with Crippen molar-refractivity contribution >= 4 is 0 Å². The number of para-hydroxylation sites is 2. The van der Waals surface area contributed by atoms with Crippen LogP contribution in [-0.2, 0) is 23.7 Å². The summed E-state index contributed by atoms with van der Waals surface area (Å²) in [5.74, 6) is 1.39. The zero-order valence-electron chi connectivity index (χ0n) is 20.6. The van der Waals surface area contributed by atoms with Crippen LogP contribution < -0.4 is 9.47 Å². The smallest absolute Gasteiger partial charge is 0.383 e. The van der Waals surface area contributed by atoms with Crippen LogP contribution in [0, 0.1) is 0 Å². The van der Waals surface area contributed by atoms with Crippen LogP contribution in [-0.4, -0.2) is 94.3 Å². The van der Waals surface area contributed by atoms with Gasteiger partial charge < -0.3 is 38.6 Å². The standard InChI is InChI=1S/C16H22F4O7.C9H10O2/c17-15(18,27-16(19,20)11-25-12-23-7-6-21)10-24-8-13(22)9-26-14-4-2-1-3-5-14;1-2-4-8(5-3-1)10-6-9-7-11-9/h1-5,13,21-22H,6-12H2;1-5,9H,6-7H2. The third-order valence-corrected chi connectivity index (χ3v) is 4.32. The van der Waals surface area contributed by atoms with Gasteiger partial charge in [0.25, 0.3) is 0 Å². The summed E-state index contributed by atoms with van der Waals surface area (Å²) in [5, 5.41) is 18.0. The average Bonchev–Trinajstić information content (AvgIpc) is 3.72. The van der Waals surface area contributed by atoms with Crippen LogP contribution in [0.4, 0.5) is 17.6 Å². The highest BCUT2D eigenvalue weighted by Crippen LogP contribution is 2.27. The Bertz CT molecular complexity index is 858. The minimum atomic E-state index is -4.31. The Morgan fingerprint density at radius 2 is 1.37 bits per heavy atom. The molecule has 9 nitrogen and oxygen atoms in total. The minimum Gasteiger partial charge on any atom is -0.491 e.